The standard InChI is InChI=1S/C24H37N3O7S/c1-16(2)12-20(22(30)26-18(14-28)13-17-10-11-25-21(17)29)27-23(31)34-15-24(3,4)35(32,33)19-8-6-5-7-9-19/h5-9,16-18,20,28H,10-15H2,1-4H3,(H,25,29)(H,26,30)(H,27,31)/t17-,18-,20-/m0/s1. The van der Waals surface area contributed by atoms with Crippen LogP contribution in [0.3, 0.4) is 0 Å². The number of alkyl carbamates (subject to hydrolysis) is 1. The fourth-order valence-electron chi connectivity index (χ4n) is 3.82. The van der Waals surface area contributed by atoms with Crippen molar-refractivity contribution in [2.75, 3.05) is 19.8 Å². The van der Waals surface area contributed by atoms with Crippen molar-refractivity contribution in [1.29, 1.82) is 0 Å². The van der Waals surface area contributed by atoms with Crippen LogP contribution in [0.15, 0.2) is 35.2 Å². The first kappa shape index (κ1) is 28.6. The van der Waals surface area contributed by atoms with Crippen molar-refractivity contribution in [1.82, 2.24) is 16.0 Å². The Bertz CT molecular complexity index is 980. The summed E-state index contributed by atoms with van der Waals surface area (Å²) in [7, 11) is -3.78. The molecular formula is C24H37N3O7S. The van der Waals surface area contributed by atoms with Crippen LogP contribution < -0.4 is 16.0 Å². The zero-order valence-corrected chi connectivity index (χ0v) is 21.6. The normalized spacial score (nSPS) is 18.0. The van der Waals surface area contributed by atoms with Gasteiger partial charge in [0.1, 0.15) is 17.4 Å². The number of sulfone groups is 1. The van der Waals surface area contributed by atoms with Crippen molar-refractivity contribution < 1.29 is 32.6 Å². The topological polar surface area (TPSA) is 151 Å². The molecule has 0 saturated carbocycles. The van der Waals surface area contributed by atoms with Crippen LogP contribution in [0.4, 0.5) is 4.79 Å². The molecule has 0 aromatic heterocycles. The minimum atomic E-state index is -3.78. The lowest BCUT2D eigenvalue weighted by atomic mass is 9.97. The van der Waals surface area contributed by atoms with Gasteiger partial charge >= 0.3 is 6.09 Å². The predicted octanol–water partition coefficient (Wildman–Crippen LogP) is 1.38. The summed E-state index contributed by atoms with van der Waals surface area (Å²) in [5.74, 6) is -0.854. The van der Waals surface area contributed by atoms with E-state index >= 15 is 0 Å². The van der Waals surface area contributed by atoms with Gasteiger partial charge < -0.3 is 25.8 Å². The second-order valence-corrected chi connectivity index (χ2v) is 12.5. The van der Waals surface area contributed by atoms with Crippen molar-refractivity contribution in [2.24, 2.45) is 11.8 Å². The maximum absolute atomic E-state index is 12.9. The highest BCUT2D eigenvalue weighted by molar-refractivity contribution is 7.92. The summed E-state index contributed by atoms with van der Waals surface area (Å²) in [5, 5.41) is 17.6. The molecule has 1 aromatic carbocycles. The number of aliphatic hydroxyl groups is 1. The molecule has 0 aliphatic carbocycles. The summed E-state index contributed by atoms with van der Waals surface area (Å²) < 4.78 is 29.7. The van der Waals surface area contributed by atoms with E-state index in [1.54, 1.807) is 18.2 Å². The third kappa shape index (κ3) is 7.93. The highest BCUT2D eigenvalue weighted by Gasteiger charge is 2.37. The van der Waals surface area contributed by atoms with Gasteiger partial charge in [-0.15, -0.1) is 0 Å². The molecule has 11 heteroatoms. The Balaban J connectivity index is 1.99. The van der Waals surface area contributed by atoms with E-state index in [4.69, 9.17) is 4.74 Å². The Hall–Kier alpha value is -2.66. The van der Waals surface area contributed by atoms with Crippen molar-refractivity contribution >= 4 is 27.7 Å². The van der Waals surface area contributed by atoms with E-state index in [0.29, 0.717) is 25.8 Å². The van der Waals surface area contributed by atoms with E-state index in [1.807, 2.05) is 13.8 Å². The molecule has 0 spiro atoms. The van der Waals surface area contributed by atoms with Crippen LogP contribution in [0.5, 0.6) is 0 Å². The average Bonchev–Trinajstić information content (AvgIpc) is 3.21. The molecule has 1 aliphatic rings. The minimum absolute atomic E-state index is 0.0501. The van der Waals surface area contributed by atoms with Gasteiger partial charge in [-0.3, -0.25) is 9.59 Å². The second kappa shape index (κ2) is 12.3. The van der Waals surface area contributed by atoms with Crippen LogP contribution in [0.25, 0.3) is 0 Å². The number of benzene rings is 1. The van der Waals surface area contributed by atoms with E-state index < -0.39 is 45.3 Å². The molecule has 1 saturated heterocycles. The van der Waals surface area contributed by atoms with E-state index in [1.165, 1.54) is 26.0 Å². The maximum atomic E-state index is 12.9. The zero-order valence-electron chi connectivity index (χ0n) is 20.7. The summed E-state index contributed by atoms with van der Waals surface area (Å²) in [6, 6.07) is 6.30. The van der Waals surface area contributed by atoms with Crippen LogP contribution in [0, 0.1) is 11.8 Å². The first-order valence-corrected chi connectivity index (χ1v) is 13.3. The summed E-state index contributed by atoms with van der Waals surface area (Å²) in [6.45, 7) is 6.50. The van der Waals surface area contributed by atoms with Crippen molar-refractivity contribution in [3.63, 3.8) is 0 Å². The van der Waals surface area contributed by atoms with Gasteiger partial charge in [0.25, 0.3) is 0 Å². The number of nitrogens with one attached hydrogen (secondary N) is 3. The Morgan fingerprint density at radius 3 is 2.40 bits per heavy atom. The molecule has 1 aliphatic heterocycles. The molecule has 0 radical (unpaired) electrons. The fraction of sp³-hybridized carbons (Fsp3) is 0.625. The fourth-order valence-corrected chi connectivity index (χ4v) is 5.18. The molecule has 3 amide bonds. The number of aliphatic hydroxyl groups excluding tert-OH is 1. The first-order chi connectivity index (χ1) is 16.4. The van der Waals surface area contributed by atoms with Gasteiger partial charge in [0, 0.05) is 12.5 Å². The number of ether oxygens (including phenoxy) is 1. The van der Waals surface area contributed by atoms with E-state index in [-0.39, 0.29) is 29.2 Å². The van der Waals surface area contributed by atoms with Gasteiger partial charge in [0.15, 0.2) is 9.84 Å². The number of hydrogen-bond acceptors (Lipinski definition) is 7. The molecule has 2 rings (SSSR count). The first-order valence-electron chi connectivity index (χ1n) is 11.8. The van der Waals surface area contributed by atoms with Gasteiger partial charge in [-0.05, 0) is 51.2 Å². The minimum Gasteiger partial charge on any atom is -0.448 e. The molecule has 10 nitrogen and oxygen atoms in total. The number of hydrogen-bond donors (Lipinski definition) is 4. The van der Waals surface area contributed by atoms with Gasteiger partial charge in [-0.25, -0.2) is 13.2 Å². The summed E-state index contributed by atoms with van der Waals surface area (Å²) in [5.41, 5.74) is 0. The van der Waals surface area contributed by atoms with E-state index in [2.05, 4.69) is 16.0 Å². The molecule has 1 fully saturated rings. The summed E-state index contributed by atoms with van der Waals surface area (Å²) in [4.78, 5) is 37.4. The van der Waals surface area contributed by atoms with Gasteiger partial charge in [-0.1, -0.05) is 32.0 Å². The third-order valence-electron chi connectivity index (χ3n) is 5.95. The molecule has 196 valence electrons. The SMILES string of the molecule is CC(C)C[C@H](NC(=O)OCC(C)(C)S(=O)(=O)c1ccccc1)C(=O)N[C@H](CO)C[C@@H]1CCNC1=O. The number of rotatable bonds is 12. The molecule has 3 atom stereocenters. The monoisotopic (exact) mass is 511 g/mol. The smallest absolute Gasteiger partial charge is 0.407 e. The second-order valence-electron chi connectivity index (χ2n) is 9.88. The molecule has 1 aromatic rings. The molecule has 1 heterocycles. The lowest BCUT2D eigenvalue weighted by Crippen LogP contribution is -2.52. The van der Waals surface area contributed by atoms with Crippen molar-refractivity contribution in [2.45, 2.75) is 68.7 Å². The predicted molar refractivity (Wildman–Crippen MR) is 130 cm³/mol. The van der Waals surface area contributed by atoms with Crippen molar-refractivity contribution in [3.05, 3.63) is 30.3 Å². The Kier molecular flexibility index (Phi) is 10.1. The Labute approximate surface area is 207 Å². The third-order valence-corrected chi connectivity index (χ3v) is 8.41. The number of carbonyl (C=O) groups excluding carboxylic acids is 3. The lowest BCUT2D eigenvalue weighted by Gasteiger charge is -2.26. The van der Waals surface area contributed by atoms with Crippen LogP contribution in [-0.2, 0) is 24.2 Å². The quantitative estimate of drug-likeness (QED) is 0.331. The van der Waals surface area contributed by atoms with Crippen LogP contribution in [0.2, 0.25) is 0 Å². The largest absolute Gasteiger partial charge is 0.448 e. The van der Waals surface area contributed by atoms with Crippen LogP contribution in [0.1, 0.15) is 47.0 Å². The van der Waals surface area contributed by atoms with Crippen LogP contribution >= 0.6 is 0 Å². The van der Waals surface area contributed by atoms with Gasteiger partial charge in [0.2, 0.25) is 11.8 Å². The Morgan fingerprint density at radius 1 is 1.20 bits per heavy atom. The summed E-state index contributed by atoms with van der Waals surface area (Å²) in [6.07, 6.45) is 0.304. The average molecular weight is 512 g/mol. The van der Waals surface area contributed by atoms with E-state index in [9.17, 15) is 27.9 Å². The number of carbonyl (C=O) groups is 3. The van der Waals surface area contributed by atoms with Crippen molar-refractivity contribution in [3.8, 4) is 0 Å². The van der Waals surface area contributed by atoms with Gasteiger partial charge in [-0.2, -0.15) is 0 Å². The maximum Gasteiger partial charge on any atom is 0.407 e. The highest BCUT2D eigenvalue weighted by Crippen LogP contribution is 2.25. The van der Waals surface area contributed by atoms with Crippen LogP contribution in [-0.4, -0.2) is 68.0 Å². The molecular weight excluding hydrogens is 474 g/mol. The zero-order chi connectivity index (χ0) is 26.2. The Morgan fingerprint density at radius 2 is 1.86 bits per heavy atom. The molecule has 0 unspecified atom stereocenters. The molecule has 35 heavy (non-hydrogen) atoms. The number of amides is 3. The molecule has 0 bridgehead atoms. The highest BCUT2D eigenvalue weighted by atomic mass is 32.2. The lowest BCUT2D eigenvalue weighted by molar-refractivity contribution is -0.126. The molecule has 4 N–H and O–H groups in total. The summed E-state index contributed by atoms with van der Waals surface area (Å²) >= 11 is 0. The van der Waals surface area contributed by atoms with E-state index in [0.717, 1.165) is 0 Å². The van der Waals surface area contributed by atoms with Gasteiger partial charge in [0.05, 0.1) is 17.5 Å².